The number of nitrogens with one attached hydrogen (secondary N) is 1. The van der Waals surface area contributed by atoms with Crippen molar-refractivity contribution < 1.29 is 4.74 Å². The maximum Gasteiger partial charge on any atom is 0.0518 e. The molecule has 4 heteroatoms. The minimum absolute atomic E-state index is 0.330. The Morgan fingerprint density at radius 1 is 1.25 bits per heavy atom. The van der Waals surface area contributed by atoms with Crippen molar-refractivity contribution >= 4 is 11.6 Å². The molecule has 0 amide bonds. The smallest absolute Gasteiger partial charge is 0.0518 e. The predicted octanol–water partition coefficient (Wildman–Crippen LogP) is 3.18. The zero-order valence-electron chi connectivity index (χ0n) is 12.9. The van der Waals surface area contributed by atoms with Crippen molar-refractivity contribution in [3.8, 4) is 0 Å². The van der Waals surface area contributed by atoms with Gasteiger partial charge in [0, 0.05) is 31.3 Å². The van der Waals surface area contributed by atoms with Gasteiger partial charge in [0.2, 0.25) is 0 Å². The molecular formula is C16H27ClN2O. The summed E-state index contributed by atoms with van der Waals surface area (Å²) in [5, 5.41) is 4.28. The molecule has 0 heterocycles. The number of rotatable bonds is 10. The van der Waals surface area contributed by atoms with Crippen molar-refractivity contribution in [2.75, 3.05) is 33.3 Å². The van der Waals surface area contributed by atoms with Crippen molar-refractivity contribution in [2.45, 2.75) is 32.9 Å². The maximum atomic E-state index is 6.16. The van der Waals surface area contributed by atoms with Crippen LogP contribution in [0.15, 0.2) is 24.3 Å². The summed E-state index contributed by atoms with van der Waals surface area (Å²) in [5.74, 6) is 0. The Morgan fingerprint density at radius 2 is 2.00 bits per heavy atom. The molecule has 20 heavy (non-hydrogen) atoms. The highest BCUT2D eigenvalue weighted by molar-refractivity contribution is 6.31. The van der Waals surface area contributed by atoms with E-state index in [1.54, 1.807) is 0 Å². The van der Waals surface area contributed by atoms with Crippen molar-refractivity contribution in [1.82, 2.24) is 10.2 Å². The average molecular weight is 299 g/mol. The summed E-state index contributed by atoms with van der Waals surface area (Å²) in [4.78, 5) is 2.28. The van der Waals surface area contributed by atoms with Gasteiger partial charge in [-0.3, -0.25) is 0 Å². The second kappa shape index (κ2) is 10.2. The fraction of sp³-hybridized carbons (Fsp3) is 0.625. The van der Waals surface area contributed by atoms with Crippen LogP contribution in [-0.4, -0.2) is 44.3 Å². The molecule has 0 aromatic heterocycles. The van der Waals surface area contributed by atoms with E-state index in [9.17, 15) is 0 Å². The van der Waals surface area contributed by atoms with Crippen molar-refractivity contribution in [2.24, 2.45) is 0 Å². The minimum Gasteiger partial charge on any atom is -0.379 e. The highest BCUT2D eigenvalue weighted by Gasteiger charge is 2.03. The molecule has 0 aliphatic heterocycles. The zero-order valence-corrected chi connectivity index (χ0v) is 13.6. The van der Waals surface area contributed by atoms with Gasteiger partial charge < -0.3 is 15.0 Å². The molecule has 114 valence electrons. The Bertz CT molecular complexity index is 371. The third kappa shape index (κ3) is 7.85. The highest BCUT2D eigenvalue weighted by atomic mass is 35.5. The Kier molecular flexibility index (Phi) is 8.86. The summed E-state index contributed by atoms with van der Waals surface area (Å²) in [7, 11) is 2.12. The van der Waals surface area contributed by atoms with Gasteiger partial charge in [0.05, 0.1) is 6.10 Å². The van der Waals surface area contributed by atoms with Crippen LogP contribution < -0.4 is 5.32 Å². The summed E-state index contributed by atoms with van der Waals surface area (Å²) < 4.78 is 5.50. The molecule has 0 unspecified atom stereocenters. The highest BCUT2D eigenvalue weighted by Crippen LogP contribution is 2.16. The van der Waals surface area contributed by atoms with Crippen LogP contribution in [0.25, 0.3) is 0 Å². The first-order chi connectivity index (χ1) is 9.59. The number of likely N-dealkylation sites (N-methyl/N-ethyl adjacent to an activating group) is 1. The fourth-order valence-electron chi connectivity index (χ4n) is 1.91. The number of halogens is 1. The number of ether oxygens (including phenoxy) is 1. The molecular weight excluding hydrogens is 272 g/mol. The molecule has 0 aliphatic carbocycles. The number of hydrogen-bond acceptors (Lipinski definition) is 3. The molecule has 0 atom stereocenters. The van der Waals surface area contributed by atoms with Crippen molar-refractivity contribution in [3.05, 3.63) is 34.9 Å². The van der Waals surface area contributed by atoms with Crippen LogP contribution in [0.4, 0.5) is 0 Å². The number of hydrogen-bond donors (Lipinski definition) is 1. The molecule has 1 aromatic carbocycles. The quantitative estimate of drug-likeness (QED) is 0.672. The van der Waals surface area contributed by atoms with E-state index in [-0.39, 0.29) is 0 Å². The molecule has 0 bridgehead atoms. The SMILES string of the molecule is CC(C)OCCCNCCN(C)Cc1ccccc1Cl. The van der Waals surface area contributed by atoms with Gasteiger partial charge in [0.25, 0.3) is 0 Å². The van der Waals surface area contributed by atoms with E-state index in [0.717, 1.165) is 44.2 Å². The Balaban J connectivity index is 2.06. The van der Waals surface area contributed by atoms with Gasteiger partial charge in [-0.25, -0.2) is 0 Å². The van der Waals surface area contributed by atoms with Gasteiger partial charge in [0.1, 0.15) is 0 Å². The largest absolute Gasteiger partial charge is 0.379 e. The first-order valence-electron chi connectivity index (χ1n) is 7.34. The van der Waals surface area contributed by atoms with Gasteiger partial charge in [0.15, 0.2) is 0 Å². The van der Waals surface area contributed by atoms with Crippen LogP contribution in [-0.2, 0) is 11.3 Å². The molecule has 1 N–H and O–H groups in total. The first kappa shape index (κ1) is 17.4. The Morgan fingerprint density at radius 3 is 2.70 bits per heavy atom. The normalized spacial score (nSPS) is 11.5. The van der Waals surface area contributed by atoms with E-state index in [4.69, 9.17) is 16.3 Å². The van der Waals surface area contributed by atoms with E-state index in [0.29, 0.717) is 6.10 Å². The van der Waals surface area contributed by atoms with Crippen LogP contribution >= 0.6 is 11.6 Å². The average Bonchev–Trinajstić information content (AvgIpc) is 2.40. The third-order valence-corrected chi connectivity index (χ3v) is 3.39. The number of benzene rings is 1. The summed E-state index contributed by atoms with van der Waals surface area (Å²) in [6.45, 7) is 8.86. The lowest BCUT2D eigenvalue weighted by molar-refractivity contribution is 0.0770. The summed E-state index contributed by atoms with van der Waals surface area (Å²) in [5.41, 5.74) is 1.18. The van der Waals surface area contributed by atoms with Gasteiger partial charge in [-0.05, 0) is 45.5 Å². The molecule has 1 rings (SSSR count). The molecule has 0 saturated carbocycles. The van der Waals surface area contributed by atoms with Crippen LogP contribution in [0.3, 0.4) is 0 Å². The van der Waals surface area contributed by atoms with E-state index in [1.165, 1.54) is 5.56 Å². The summed E-state index contributed by atoms with van der Waals surface area (Å²) in [6.07, 6.45) is 1.39. The predicted molar refractivity (Wildman–Crippen MR) is 86.4 cm³/mol. The summed E-state index contributed by atoms with van der Waals surface area (Å²) >= 11 is 6.16. The van der Waals surface area contributed by atoms with E-state index in [1.807, 2.05) is 18.2 Å². The molecule has 0 aliphatic rings. The number of nitrogens with zero attached hydrogens (tertiary/aromatic N) is 1. The standard InChI is InChI=1S/C16H27ClN2O/c1-14(2)20-12-6-9-18-10-11-19(3)13-15-7-4-5-8-16(15)17/h4-5,7-8,14,18H,6,9-13H2,1-3H3. The molecule has 3 nitrogen and oxygen atoms in total. The lowest BCUT2D eigenvalue weighted by Gasteiger charge is -2.17. The Labute approximate surface area is 128 Å². The van der Waals surface area contributed by atoms with Crippen molar-refractivity contribution in [3.63, 3.8) is 0 Å². The fourth-order valence-corrected chi connectivity index (χ4v) is 2.10. The van der Waals surface area contributed by atoms with Crippen molar-refractivity contribution in [1.29, 1.82) is 0 Å². The van der Waals surface area contributed by atoms with Gasteiger partial charge in [-0.1, -0.05) is 29.8 Å². The second-order valence-electron chi connectivity index (χ2n) is 5.35. The molecule has 1 aromatic rings. The van der Waals surface area contributed by atoms with Crippen LogP contribution in [0.1, 0.15) is 25.8 Å². The second-order valence-corrected chi connectivity index (χ2v) is 5.76. The molecule has 0 saturated heterocycles. The van der Waals surface area contributed by atoms with Gasteiger partial charge >= 0.3 is 0 Å². The zero-order chi connectivity index (χ0) is 14.8. The maximum absolute atomic E-state index is 6.16. The molecule has 0 fully saturated rings. The van der Waals surface area contributed by atoms with Gasteiger partial charge in [-0.15, -0.1) is 0 Å². The third-order valence-electron chi connectivity index (χ3n) is 3.02. The van der Waals surface area contributed by atoms with Gasteiger partial charge in [-0.2, -0.15) is 0 Å². The minimum atomic E-state index is 0.330. The van der Waals surface area contributed by atoms with E-state index in [2.05, 4.69) is 37.2 Å². The monoisotopic (exact) mass is 298 g/mol. The lowest BCUT2D eigenvalue weighted by Crippen LogP contribution is -2.30. The molecule has 0 radical (unpaired) electrons. The summed E-state index contributed by atoms with van der Waals surface area (Å²) in [6, 6.07) is 8.02. The van der Waals surface area contributed by atoms with Crippen LogP contribution in [0.2, 0.25) is 5.02 Å². The molecule has 0 spiro atoms. The lowest BCUT2D eigenvalue weighted by atomic mass is 10.2. The topological polar surface area (TPSA) is 24.5 Å². The van der Waals surface area contributed by atoms with E-state index >= 15 is 0 Å². The first-order valence-corrected chi connectivity index (χ1v) is 7.71. The van der Waals surface area contributed by atoms with Crippen LogP contribution in [0.5, 0.6) is 0 Å². The van der Waals surface area contributed by atoms with E-state index < -0.39 is 0 Å². The Hall–Kier alpha value is -0.610. The van der Waals surface area contributed by atoms with Crippen LogP contribution in [0, 0.1) is 0 Å².